The summed E-state index contributed by atoms with van der Waals surface area (Å²) in [5.41, 5.74) is 1.64. The first-order chi connectivity index (χ1) is 14.3. The Hall–Kier alpha value is -1.76. The Morgan fingerprint density at radius 3 is 2.50 bits per heavy atom. The van der Waals surface area contributed by atoms with Crippen LogP contribution in [0, 0.1) is 5.82 Å². The van der Waals surface area contributed by atoms with Crippen molar-refractivity contribution in [3.63, 3.8) is 0 Å². The van der Waals surface area contributed by atoms with Crippen LogP contribution in [0.25, 0.3) is 0 Å². The largest absolute Gasteiger partial charge is 0.354 e. The number of carbonyl (C=O) groups excluding carboxylic acids is 2. The summed E-state index contributed by atoms with van der Waals surface area (Å²) in [6.07, 6.45) is 0.808. The fourth-order valence-electron chi connectivity index (χ4n) is 2.73. The molecule has 0 aliphatic carbocycles. The van der Waals surface area contributed by atoms with Gasteiger partial charge in [0, 0.05) is 28.9 Å². The predicted octanol–water partition coefficient (Wildman–Crippen LogP) is 5.31. The molecule has 2 rings (SSSR count). The Labute approximate surface area is 191 Å². The third-order valence-corrected chi connectivity index (χ3v) is 6.06. The number of carbonyl (C=O) groups is 2. The van der Waals surface area contributed by atoms with E-state index < -0.39 is 6.04 Å². The first kappa shape index (κ1) is 24.5. The third kappa shape index (κ3) is 7.49. The van der Waals surface area contributed by atoms with Crippen molar-refractivity contribution < 1.29 is 14.0 Å². The number of amides is 2. The van der Waals surface area contributed by atoms with Gasteiger partial charge >= 0.3 is 0 Å². The maximum absolute atomic E-state index is 13.0. The molecule has 2 aromatic carbocycles. The highest BCUT2D eigenvalue weighted by Gasteiger charge is 2.26. The van der Waals surface area contributed by atoms with Crippen molar-refractivity contribution in [1.29, 1.82) is 0 Å². The van der Waals surface area contributed by atoms with E-state index in [1.807, 2.05) is 6.92 Å². The summed E-state index contributed by atoms with van der Waals surface area (Å²) in [4.78, 5) is 27.0. The topological polar surface area (TPSA) is 49.4 Å². The van der Waals surface area contributed by atoms with Crippen LogP contribution in [-0.4, -0.2) is 35.1 Å². The molecule has 0 bridgehead atoms. The van der Waals surface area contributed by atoms with Gasteiger partial charge in [-0.05, 0) is 48.7 Å². The predicted molar refractivity (Wildman–Crippen MR) is 122 cm³/mol. The zero-order chi connectivity index (χ0) is 22.1. The molecule has 2 aromatic rings. The Bertz CT molecular complexity index is 865. The maximum atomic E-state index is 13.0. The quantitative estimate of drug-likeness (QED) is 0.511. The first-order valence-corrected chi connectivity index (χ1v) is 11.6. The fraction of sp³-hybridized carbons (Fsp3) is 0.364. The highest BCUT2D eigenvalue weighted by molar-refractivity contribution is 7.99. The zero-order valence-corrected chi connectivity index (χ0v) is 19.3. The molecule has 0 heterocycles. The molecule has 1 N–H and O–H groups in total. The molecule has 0 saturated carbocycles. The maximum Gasteiger partial charge on any atom is 0.242 e. The molecule has 0 radical (unpaired) electrons. The van der Waals surface area contributed by atoms with Gasteiger partial charge in [-0.1, -0.05) is 48.3 Å². The van der Waals surface area contributed by atoms with Crippen LogP contribution < -0.4 is 5.32 Å². The molecule has 0 aliphatic heterocycles. The van der Waals surface area contributed by atoms with Gasteiger partial charge in [0.05, 0.1) is 5.75 Å². The minimum Gasteiger partial charge on any atom is -0.354 e. The number of hydrogen-bond acceptors (Lipinski definition) is 3. The molecule has 0 saturated heterocycles. The molecule has 2 amide bonds. The summed E-state index contributed by atoms with van der Waals surface area (Å²) >= 11 is 13.7. The van der Waals surface area contributed by atoms with Gasteiger partial charge in [-0.15, -0.1) is 11.8 Å². The Balaban J connectivity index is 2.09. The molecule has 162 valence electrons. The van der Waals surface area contributed by atoms with Crippen LogP contribution in [0.1, 0.15) is 31.4 Å². The van der Waals surface area contributed by atoms with E-state index >= 15 is 0 Å². The van der Waals surface area contributed by atoms with Crippen LogP contribution >= 0.6 is 35.0 Å². The van der Waals surface area contributed by atoms with Crippen molar-refractivity contribution in [1.82, 2.24) is 10.2 Å². The lowest BCUT2D eigenvalue weighted by atomic mass is 10.1. The van der Waals surface area contributed by atoms with Gasteiger partial charge in [-0.3, -0.25) is 9.59 Å². The van der Waals surface area contributed by atoms with E-state index in [0.717, 1.165) is 12.0 Å². The average Bonchev–Trinajstić information content (AvgIpc) is 2.72. The van der Waals surface area contributed by atoms with Crippen LogP contribution in [-0.2, 0) is 21.9 Å². The van der Waals surface area contributed by atoms with E-state index in [2.05, 4.69) is 5.32 Å². The minimum absolute atomic E-state index is 0.174. The molecule has 8 heteroatoms. The Kier molecular flexibility index (Phi) is 9.95. The summed E-state index contributed by atoms with van der Waals surface area (Å²) < 4.78 is 13.0. The zero-order valence-electron chi connectivity index (χ0n) is 17.0. The van der Waals surface area contributed by atoms with Crippen LogP contribution in [0.4, 0.5) is 4.39 Å². The van der Waals surface area contributed by atoms with E-state index in [0.29, 0.717) is 27.9 Å². The lowest BCUT2D eigenvalue weighted by molar-refractivity contribution is -0.138. The van der Waals surface area contributed by atoms with E-state index in [1.165, 1.54) is 28.8 Å². The SMILES string of the molecule is CCCNC(=O)[C@H](C)N(Cc1ccc(Cl)cc1Cl)C(=O)CSCc1ccc(F)cc1. The van der Waals surface area contributed by atoms with E-state index in [4.69, 9.17) is 23.2 Å². The summed E-state index contributed by atoms with van der Waals surface area (Å²) in [6.45, 7) is 4.42. The van der Waals surface area contributed by atoms with Gasteiger partial charge in [0.1, 0.15) is 11.9 Å². The van der Waals surface area contributed by atoms with E-state index in [-0.39, 0.29) is 29.9 Å². The number of benzene rings is 2. The molecule has 0 aliphatic rings. The molecule has 4 nitrogen and oxygen atoms in total. The van der Waals surface area contributed by atoms with Crippen molar-refractivity contribution in [3.8, 4) is 0 Å². The number of nitrogens with one attached hydrogen (secondary N) is 1. The standard InChI is InChI=1S/C22H25Cl2FN2O2S/c1-3-10-26-22(29)15(2)27(12-17-6-7-18(23)11-20(17)24)21(28)14-30-13-16-4-8-19(25)9-5-16/h4-9,11,15H,3,10,12-14H2,1-2H3,(H,26,29)/t15-/m0/s1. The van der Waals surface area contributed by atoms with Crippen molar-refractivity contribution in [2.45, 2.75) is 38.6 Å². The second kappa shape index (κ2) is 12.2. The molecular weight excluding hydrogens is 446 g/mol. The molecule has 0 unspecified atom stereocenters. The second-order valence-corrected chi connectivity index (χ2v) is 8.67. The number of nitrogens with zero attached hydrogens (tertiary/aromatic N) is 1. The third-order valence-electron chi connectivity index (χ3n) is 4.48. The van der Waals surface area contributed by atoms with Crippen LogP contribution in [0.3, 0.4) is 0 Å². The lowest BCUT2D eigenvalue weighted by Crippen LogP contribution is -2.48. The van der Waals surface area contributed by atoms with Gasteiger partial charge in [0.25, 0.3) is 0 Å². The lowest BCUT2D eigenvalue weighted by Gasteiger charge is -2.29. The molecular formula is C22H25Cl2FN2O2S. The molecule has 1 atom stereocenters. The van der Waals surface area contributed by atoms with Crippen molar-refractivity contribution >= 4 is 46.8 Å². The Morgan fingerprint density at radius 1 is 1.17 bits per heavy atom. The molecule has 0 spiro atoms. The van der Waals surface area contributed by atoms with Gasteiger partial charge in [0.2, 0.25) is 11.8 Å². The number of thioether (sulfide) groups is 1. The number of halogens is 3. The number of rotatable bonds is 10. The summed E-state index contributed by atoms with van der Waals surface area (Å²) in [7, 11) is 0. The highest BCUT2D eigenvalue weighted by Crippen LogP contribution is 2.24. The number of hydrogen-bond donors (Lipinski definition) is 1. The van der Waals surface area contributed by atoms with Crippen molar-refractivity contribution in [2.75, 3.05) is 12.3 Å². The normalized spacial score (nSPS) is 11.8. The summed E-state index contributed by atoms with van der Waals surface area (Å²) in [5.74, 6) is 0.0789. The van der Waals surface area contributed by atoms with Crippen LogP contribution in [0.2, 0.25) is 10.0 Å². The smallest absolute Gasteiger partial charge is 0.242 e. The van der Waals surface area contributed by atoms with E-state index in [1.54, 1.807) is 37.3 Å². The first-order valence-electron chi connectivity index (χ1n) is 9.65. The van der Waals surface area contributed by atoms with Crippen molar-refractivity contribution in [3.05, 3.63) is 69.5 Å². The monoisotopic (exact) mass is 470 g/mol. The van der Waals surface area contributed by atoms with Gasteiger partial charge in [-0.25, -0.2) is 4.39 Å². The van der Waals surface area contributed by atoms with Gasteiger partial charge in [0.15, 0.2) is 0 Å². The highest BCUT2D eigenvalue weighted by atomic mass is 35.5. The second-order valence-electron chi connectivity index (χ2n) is 6.84. The Morgan fingerprint density at radius 2 is 1.87 bits per heavy atom. The van der Waals surface area contributed by atoms with E-state index in [9.17, 15) is 14.0 Å². The van der Waals surface area contributed by atoms with Gasteiger partial charge < -0.3 is 10.2 Å². The van der Waals surface area contributed by atoms with Crippen molar-refractivity contribution in [2.24, 2.45) is 0 Å². The molecule has 0 aromatic heterocycles. The summed E-state index contributed by atoms with van der Waals surface area (Å²) in [6, 6.07) is 10.6. The molecule has 30 heavy (non-hydrogen) atoms. The van der Waals surface area contributed by atoms with Crippen LogP contribution in [0.5, 0.6) is 0 Å². The minimum atomic E-state index is -0.651. The summed E-state index contributed by atoms with van der Waals surface area (Å²) in [5, 5.41) is 3.78. The molecule has 0 fully saturated rings. The fourth-order valence-corrected chi connectivity index (χ4v) is 4.07. The van der Waals surface area contributed by atoms with Gasteiger partial charge in [-0.2, -0.15) is 0 Å². The average molecular weight is 471 g/mol. The van der Waals surface area contributed by atoms with Crippen LogP contribution in [0.15, 0.2) is 42.5 Å².